The molecule has 0 aromatic heterocycles. The van der Waals surface area contributed by atoms with E-state index in [1.807, 2.05) is 6.08 Å². The van der Waals surface area contributed by atoms with Crippen LogP contribution in [0.4, 0.5) is 0 Å². The normalized spacial score (nSPS) is 56.2. The van der Waals surface area contributed by atoms with E-state index in [1.165, 1.54) is 0 Å². The van der Waals surface area contributed by atoms with Crippen LogP contribution in [0.1, 0.15) is 58.8 Å². The molecule has 0 aromatic rings. The molecule has 132 valence electrons. The molecule has 24 heavy (non-hydrogen) atoms. The number of aliphatic hydroxyl groups is 2. The van der Waals surface area contributed by atoms with Crippen molar-refractivity contribution in [1.82, 2.24) is 0 Å². The van der Waals surface area contributed by atoms with E-state index in [0.29, 0.717) is 0 Å². The Morgan fingerprint density at radius 2 is 2.00 bits per heavy atom. The molecule has 0 amide bonds. The average Bonchev–Trinajstić information content (AvgIpc) is 2.68. The number of aliphatic imine (C=N–C) groups is 1. The van der Waals surface area contributed by atoms with E-state index in [1.54, 1.807) is 0 Å². The summed E-state index contributed by atoms with van der Waals surface area (Å²) in [7, 11) is 0. The third-order valence-corrected chi connectivity index (χ3v) is 8.43. The quantitative estimate of drug-likeness (QED) is 0.441. The van der Waals surface area contributed by atoms with Gasteiger partial charge in [-0.15, -0.1) is 0 Å². The minimum atomic E-state index is -0.495. The molecule has 4 fully saturated rings. The van der Waals surface area contributed by atoms with Crippen LogP contribution in [0.25, 0.3) is 0 Å². The Morgan fingerprint density at radius 3 is 2.71 bits per heavy atom. The molecule has 2 bridgehead atoms. The monoisotopic (exact) mass is 331 g/mol. The van der Waals surface area contributed by atoms with Crippen molar-refractivity contribution in [3.05, 3.63) is 12.2 Å². The molecule has 4 aliphatic rings. The molecule has 4 aliphatic carbocycles. The van der Waals surface area contributed by atoms with Gasteiger partial charge in [0.2, 0.25) is 6.08 Å². The van der Waals surface area contributed by atoms with Gasteiger partial charge in [-0.25, -0.2) is 4.79 Å². The summed E-state index contributed by atoms with van der Waals surface area (Å²) in [6.07, 6.45) is 7.41. The van der Waals surface area contributed by atoms with E-state index >= 15 is 0 Å². The maximum absolute atomic E-state index is 11.1. The summed E-state index contributed by atoms with van der Waals surface area (Å²) in [6.45, 7) is 8.51. The van der Waals surface area contributed by atoms with Crippen molar-refractivity contribution < 1.29 is 15.0 Å². The first-order valence-corrected chi connectivity index (χ1v) is 9.42. The fraction of sp³-hybridized carbons (Fsp3) is 0.850. The number of hydrogen-bond acceptors (Lipinski definition) is 4. The van der Waals surface area contributed by atoms with E-state index in [4.69, 9.17) is 0 Å². The van der Waals surface area contributed by atoms with E-state index in [9.17, 15) is 15.0 Å². The van der Waals surface area contributed by atoms with Crippen LogP contribution in [0, 0.1) is 28.6 Å². The molecule has 0 heterocycles. The molecule has 0 aliphatic heterocycles. The van der Waals surface area contributed by atoms with E-state index in [2.05, 4.69) is 25.4 Å². The predicted molar refractivity (Wildman–Crippen MR) is 91.0 cm³/mol. The maximum Gasteiger partial charge on any atom is 0.235 e. The van der Waals surface area contributed by atoms with Crippen molar-refractivity contribution in [3.8, 4) is 0 Å². The summed E-state index contributed by atoms with van der Waals surface area (Å²) in [5.74, 6) is 0.591. The molecule has 4 rings (SSSR count). The fourth-order valence-electron chi connectivity index (χ4n) is 7.68. The second kappa shape index (κ2) is 5.03. The number of carbonyl (C=O) groups excluding carboxylic acids is 1. The minimum Gasteiger partial charge on any atom is -0.393 e. The highest BCUT2D eigenvalue weighted by atomic mass is 16.3. The molecule has 4 saturated carbocycles. The first-order valence-electron chi connectivity index (χ1n) is 9.42. The standard InChI is InChI=1S/C20H29NO3/c1-12-13-9-14(23)16-18(2)6-4-7-19(3,21-11-22)15(18)5-8-20(16,10-13)17(12)24/h13-17,23-24H,1,4-10H2,2-3H3/t13-,14-,15-,16-,17+,18+,19+,20+/m0/s1. The summed E-state index contributed by atoms with van der Waals surface area (Å²) < 4.78 is 0. The van der Waals surface area contributed by atoms with Gasteiger partial charge >= 0.3 is 0 Å². The lowest BCUT2D eigenvalue weighted by Gasteiger charge is -2.64. The zero-order valence-electron chi connectivity index (χ0n) is 14.8. The summed E-state index contributed by atoms with van der Waals surface area (Å²) >= 11 is 0. The van der Waals surface area contributed by atoms with Gasteiger partial charge in [-0.2, -0.15) is 4.99 Å². The third kappa shape index (κ3) is 1.83. The topological polar surface area (TPSA) is 69.9 Å². The molecule has 4 heteroatoms. The average molecular weight is 331 g/mol. The highest BCUT2D eigenvalue weighted by Crippen LogP contribution is 2.71. The Morgan fingerprint density at radius 1 is 1.25 bits per heavy atom. The number of nitrogens with zero attached hydrogens (tertiary/aromatic N) is 1. The van der Waals surface area contributed by atoms with Crippen LogP contribution in [0.5, 0.6) is 0 Å². The van der Waals surface area contributed by atoms with Gasteiger partial charge in [-0.3, -0.25) is 0 Å². The van der Waals surface area contributed by atoms with E-state index in [0.717, 1.165) is 50.5 Å². The maximum atomic E-state index is 11.1. The van der Waals surface area contributed by atoms with Crippen molar-refractivity contribution in [2.75, 3.05) is 0 Å². The number of rotatable bonds is 1. The van der Waals surface area contributed by atoms with Crippen molar-refractivity contribution in [1.29, 1.82) is 0 Å². The Balaban J connectivity index is 1.82. The van der Waals surface area contributed by atoms with Crippen LogP contribution in [-0.2, 0) is 4.79 Å². The van der Waals surface area contributed by atoms with Crippen molar-refractivity contribution >= 4 is 6.08 Å². The first-order chi connectivity index (χ1) is 11.3. The molecule has 1 spiro atoms. The van der Waals surface area contributed by atoms with Gasteiger partial charge in [0.05, 0.1) is 17.7 Å². The third-order valence-electron chi connectivity index (χ3n) is 8.43. The van der Waals surface area contributed by atoms with Gasteiger partial charge in [0, 0.05) is 5.41 Å². The van der Waals surface area contributed by atoms with Crippen LogP contribution in [0.2, 0.25) is 0 Å². The van der Waals surface area contributed by atoms with Crippen LogP contribution in [-0.4, -0.2) is 34.0 Å². The van der Waals surface area contributed by atoms with E-state index < -0.39 is 12.2 Å². The molecular formula is C20H29NO3. The Hall–Kier alpha value is -0.960. The zero-order valence-corrected chi connectivity index (χ0v) is 14.8. The number of aliphatic hydroxyl groups excluding tert-OH is 2. The molecular weight excluding hydrogens is 302 g/mol. The lowest BCUT2D eigenvalue weighted by molar-refractivity contribution is -0.192. The molecule has 0 unspecified atom stereocenters. The molecule has 4 nitrogen and oxygen atoms in total. The van der Waals surface area contributed by atoms with Crippen LogP contribution in [0.3, 0.4) is 0 Å². The van der Waals surface area contributed by atoms with Gasteiger partial charge < -0.3 is 10.2 Å². The lowest BCUT2D eigenvalue weighted by Crippen LogP contribution is -2.63. The second-order valence-corrected chi connectivity index (χ2v) is 9.40. The summed E-state index contributed by atoms with van der Waals surface area (Å²) in [5, 5.41) is 22.1. The first kappa shape index (κ1) is 16.5. The van der Waals surface area contributed by atoms with Gasteiger partial charge in [0.15, 0.2) is 0 Å². The van der Waals surface area contributed by atoms with Crippen LogP contribution in [0.15, 0.2) is 17.1 Å². The van der Waals surface area contributed by atoms with Crippen LogP contribution < -0.4 is 0 Å². The Labute approximate surface area is 144 Å². The highest BCUT2D eigenvalue weighted by molar-refractivity contribution is 5.36. The zero-order chi connectivity index (χ0) is 17.3. The summed E-state index contributed by atoms with van der Waals surface area (Å²) in [5.41, 5.74) is 0.228. The Bertz CT molecular complexity index is 626. The SMILES string of the molecule is C=C1[C@H]2C[C@H](O)[C@H]3[C@]4(C)CCC[C@@](C)(N=C=O)[C@H]4CC[C@]3(C2)[C@@H]1O. The van der Waals surface area contributed by atoms with Gasteiger partial charge in [0.1, 0.15) is 0 Å². The fourth-order valence-corrected chi connectivity index (χ4v) is 7.68. The number of hydrogen-bond donors (Lipinski definition) is 2. The van der Waals surface area contributed by atoms with E-state index in [-0.39, 0.29) is 34.1 Å². The molecule has 0 aromatic carbocycles. The summed E-state index contributed by atoms with van der Waals surface area (Å²) in [4.78, 5) is 15.3. The second-order valence-electron chi connectivity index (χ2n) is 9.40. The smallest absolute Gasteiger partial charge is 0.235 e. The predicted octanol–water partition coefficient (Wildman–Crippen LogP) is 2.99. The molecule has 2 N–H and O–H groups in total. The Kier molecular flexibility index (Phi) is 3.46. The van der Waals surface area contributed by atoms with Crippen LogP contribution >= 0.6 is 0 Å². The molecule has 8 atom stereocenters. The molecule has 0 saturated heterocycles. The largest absolute Gasteiger partial charge is 0.393 e. The van der Waals surface area contributed by atoms with Crippen molar-refractivity contribution in [3.63, 3.8) is 0 Å². The number of fused-ring (bicyclic) bond motifs is 3. The van der Waals surface area contributed by atoms with Gasteiger partial charge in [0.25, 0.3) is 0 Å². The van der Waals surface area contributed by atoms with Gasteiger partial charge in [-0.05, 0) is 74.2 Å². The molecule has 0 radical (unpaired) electrons. The summed E-state index contributed by atoms with van der Waals surface area (Å²) in [6, 6.07) is 0. The van der Waals surface area contributed by atoms with Crippen molar-refractivity contribution in [2.45, 2.75) is 76.5 Å². The highest BCUT2D eigenvalue weighted by Gasteiger charge is 2.69. The minimum absolute atomic E-state index is 0.0655. The lowest BCUT2D eigenvalue weighted by atomic mass is 9.41. The number of isocyanates is 1. The van der Waals surface area contributed by atoms with Crippen molar-refractivity contribution in [2.24, 2.45) is 33.6 Å². The van der Waals surface area contributed by atoms with Gasteiger partial charge in [-0.1, -0.05) is 19.9 Å².